The number of esters is 1. The third kappa shape index (κ3) is 4.03. The Morgan fingerprint density at radius 1 is 1.38 bits per heavy atom. The Labute approximate surface area is 96.6 Å². The van der Waals surface area contributed by atoms with Crippen LogP contribution in [0, 0.1) is 0 Å². The van der Waals surface area contributed by atoms with Gasteiger partial charge in [0.1, 0.15) is 6.04 Å². The molecule has 0 aliphatic heterocycles. The van der Waals surface area contributed by atoms with Crippen LogP contribution in [0.5, 0.6) is 0 Å². The fraction of sp³-hybridized carbons (Fsp3) is 0.462. The van der Waals surface area contributed by atoms with Crippen LogP contribution >= 0.6 is 0 Å². The van der Waals surface area contributed by atoms with Gasteiger partial charge >= 0.3 is 5.97 Å². The maximum absolute atomic E-state index is 11.6. The molecule has 0 fully saturated rings. The van der Waals surface area contributed by atoms with Crippen molar-refractivity contribution in [2.45, 2.75) is 38.8 Å². The first-order valence-corrected chi connectivity index (χ1v) is 5.63. The van der Waals surface area contributed by atoms with Gasteiger partial charge in [0.2, 0.25) is 0 Å². The van der Waals surface area contributed by atoms with E-state index in [1.54, 1.807) is 0 Å². The van der Waals surface area contributed by atoms with Crippen molar-refractivity contribution in [1.29, 1.82) is 0 Å². The fourth-order valence-corrected chi connectivity index (χ4v) is 1.32. The Balaban J connectivity index is 2.46. The largest absolute Gasteiger partial charge is 0.462 e. The van der Waals surface area contributed by atoms with Crippen LogP contribution in [-0.4, -0.2) is 18.1 Å². The summed E-state index contributed by atoms with van der Waals surface area (Å²) in [4.78, 5) is 11.6. The zero-order valence-electron chi connectivity index (χ0n) is 9.85. The van der Waals surface area contributed by atoms with Crippen molar-refractivity contribution in [2.24, 2.45) is 5.73 Å². The van der Waals surface area contributed by atoms with Crippen LogP contribution in [0.1, 0.15) is 25.8 Å². The molecule has 0 saturated heterocycles. The molecule has 0 radical (unpaired) electrons. The predicted molar refractivity (Wildman–Crippen MR) is 64.0 cm³/mol. The first-order chi connectivity index (χ1) is 7.63. The van der Waals surface area contributed by atoms with Gasteiger partial charge in [0.15, 0.2) is 0 Å². The summed E-state index contributed by atoms with van der Waals surface area (Å²) in [6, 6.07) is 9.14. The number of carbonyl (C=O) groups is 1. The van der Waals surface area contributed by atoms with Gasteiger partial charge in [-0.15, -0.1) is 0 Å². The minimum atomic E-state index is -0.573. The van der Waals surface area contributed by atoms with E-state index in [0.717, 1.165) is 12.0 Å². The van der Waals surface area contributed by atoms with E-state index >= 15 is 0 Å². The highest BCUT2D eigenvalue weighted by Gasteiger charge is 2.17. The Bertz CT molecular complexity index is 324. The van der Waals surface area contributed by atoms with Crippen molar-refractivity contribution in [2.75, 3.05) is 0 Å². The van der Waals surface area contributed by atoms with Crippen molar-refractivity contribution < 1.29 is 9.53 Å². The van der Waals surface area contributed by atoms with Crippen LogP contribution in [0.4, 0.5) is 0 Å². The molecule has 2 N–H and O–H groups in total. The Kier molecular flexibility index (Phi) is 4.99. The molecule has 0 aliphatic carbocycles. The zero-order valence-corrected chi connectivity index (χ0v) is 9.85. The van der Waals surface area contributed by atoms with Crippen LogP contribution in [0.2, 0.25) is 0 Å². The molecule has 0 spiro atoms. The van der Waals surface area contributed by atoms with Crippen LogP contribution in [0.3, 0.4) is 0 Å². The van der Waals surface area contributed by atoms with E-state index in [4.69, 9.17) is 10.5 Å². The average molecular weight is 221 g/mol. The topological polar surface area (TPSA) is 52.3 Å². The fourth-order valence-electron chi connectivity index (χ4n) is 1.32. The van der Waals surface area contributed by atoms with E-state index in [0.29, 0.717) is 6.42 Å². The first-order valence-electron chi connectivity index (χ1n) is 5.63. The summed E-state index contributed by atoms with van der Waals surface area (Å²) in [7, 11) is 0. The van der Waals surface area contributed by atoms with Crippen LogP contribution in [-0.2, 0) is 16.0 Å². The molecule has 1 aromatic carbocycles. The predicted octanol–water partition coefficient (Wildman–Crippen LogP) is 1.90. The maximum Gasteiger partial charge on any atom is 0.323 e. The highest BCUT2D eigenvalue weighted by atomic mass is 16.5. The van der Waals surface area contributed by atoms with Gasteiger partial charge in [-0.25, -0.2) is 0 Å². The highest BCUT2D eigenvalue weighted by Crippen LogP contribution is 2.05. The lowest BCUT2D eigenvalue weighted by molar-refractivity contribution is -0.149. The Hall–Kier alpha value is -1.35. The van der Waals surface area contributed by atoms with E-state index in [1.807, 2.05) is 44.2 Å². The van der Waals surface area contributed by atoms with Crippen molar-refractivity contribution in [1.82, 2.24) is 0 Å². The van der Waals surface area contributed by atoms with Gasteiger partial charge in [0.05, 0.1) is 6.10 Å². The summed E-state index contributed by atoms with van der Waals surface area (Å²) < 4.78 is 5.17. The smallest absolute Gasteiger partial charge is 0.323 e. The van der Waals surface area contributed by atoms with Gasteiger partial charge in [0, 0.05) is 0 Å². The number of hydrogen-bond acceptors (Lipinski definition) is 3. The number of ether oxygens (including phenoxy) is 1. The van der Waals surface area contributed by atoms with Gasteiger partial charge in [-0.2, -0.15) is 0 Å². The van der Waals surface area contributed by atoms with E-state index in [1.165, 1.54) is 0 Å². The summed E-state index contributed by atoms with van der Waals surface area (Å²) >= 11 is 0. The van der Waals surface area contributed by atoms with Crippen LogP contribution < -0.4 is 5.73 Å². The van der Waals surface area contributed by atoms with Crippen molar-refractivity contribution in [3.8, 4) is 0 Å². The van der Waals surface area contributed by atoms with Gasteiger partial charge < -0.3 is 10.5 Å². The molecule has 2 atom stereocenters. The SMILES string of the molecule is CC[C@@H](C)OC(=O)[C@H](N)Cc1ccccc1. The maximum atomic E-state index is 11.6. The number of rotatable bonds is 5. The van der Waals surface area contributed by atoms with Gasteiger partial charge in [-0.05, 0) is 25.3 Å². The van der Waals surface area contributed by atoms with Gasteiger partial charge in [-0.3, -0.25) is 4.79 Å². The summed E-state index contributed by atoms with van der Waals surface area (Å²) in [5, 5.41) is 0. The standard InChI is InChI=1S/C13H19NO2/c1-3-10(2)16-13(15)12(14)9-11-7-5-4-6-8-11/h4-8,10,12H,3,9,14H2,1-2H3/t10-,12-/m1/s1. The van der Waals surface area contributed by atoms with Crippen molar-refractivity contribution in [3.05, 3.63) is 35.9 Å². The molecule has 16 heavy (non-hydrogen) atoms. The van der Waals surface area contributed by atoms with Crippen molar-refractivity contribution in [3.63, 3.8) is 0 Å². The molecule has 0 aliphatic rings. The molecule has 3 heteroatoms. The molecule has 0 aromatic heterocycles. The molecular formula is C13H19NO2. The number of benzene rings is 1. The minimum Gasteiger partial charge on any atom is -0.462 e. The Morgan fingerprint density at radius 2 is 2.00 bits per heavy atom. The first kappa shape index (κ1) is 12.7. The molecule has 1 aromatic rings. The molecule has 0 unspecified atom stereocenters. The third-order valence-corrected chi connectivity index (χ3v) is 2.49. The summed E-state index contributed by atoms with van der Waals surface area (Å²) in [5.74, 6) is -0.321. The molecule has 1 rings (SSSR count). The normalized spacial score (nSPS) is 14.2. The molecule has 0 amide bonds. The highest BCUT2D eigenvalue weighted by molar-refractivity contribution is 5.76. The van der Waals surface area contributed by atoms with Gasteiger partial charge in [-0.1, -0.05) is 37.3 Å². The second-order valence-corrected chi connectivity index (χ2v) is 3.95. The summed E-state index contributed by atoms with van der Waals surface area (Å²) in [5.41, 5.74) is 6.83. The lowest BCUT2D eigenvalue weighted by Gasteiger charge is -2.15. The molecule has 0 bridgehead atoms. The quantitative estimate of drug-likeness (QED) is 0.773. The molecule has 3 nitrogen and oxygen atoms in total. The Morgan fingerprint density at radius 3 is 2.56 bits per heavy atom. The van der Waals surface area contributed by atoms with E-state index in [-0.39, 0.29) is 12.1 Å². The van der Waals surface area contributed by atoms with Gasteiger partial charge in [0.25, 0.3) is 0 Å². The minimum absolute atomic E-state index is 0.0608. The molecular weight excluding hydrogens is 202 g/mol. The van der Waals surface area contributed by atoms with Crippen LogP contribution in [0.25, 0.3) is 0 Å². The lowest BCUT2D eigenvalue weighted by atomic mass is 10.1. The van der Waals surface area contributed by atoms with Crippen molar-refractivity contribution >= 4 is 5.97 Å². The van der Waals surface area contributed by atoms with E-state index in [2.05, 4.69) is 0 Å². The second kappa shape index (κ2) is 6.28. The molecule has 0 heterocycles. The third-order valence-electron chi connectivity index (χ3n) is 2.49. The lowest BCUT2D eigenvalue weighted by Crippen LogP contribution is -2.36. The summed E-state index contributed by atoms with van der Waals surface area (Å²) in [6.45, 7) is 3.84. The van der Waals surface area contributed by atoms with E-state index < -0.39 is 6.04 Å². The average Bonchev–Trinajstić information content (AvgIpc) is 2.30. The summed E-state index contributed by atoms with van der Waals surface area (Å²) in [6.07, 6.45) is 1.27. The number of nitrogens with two attached hydrogens (primary N) is 1. The van der Waals surface area contributed by atoms with E-state index in [9.17, 15) is 4.79 Å². The second-order valence-electron chi connectivity index (χ2n) is 3.95. The molecule has 88 valence electrons. The molecule has 0 saturated carbocycles. The van der Waals surface area contributed by atoms with Crippen LogP contribution in [0.15, 0.2) is 30.3 Å². The monoisotopic (exact) mass is 221 g/mol. The number of hydrogen-bond donors (Lipinski definition) is 1. The number of carbonyl (C=O) groups excluding carboxylic acids is 1. The zero-order chi connectivity index (χ0) is 12.0.